The highest BCUT2D eigenvalue weighted by atomic mass is 32.2. The van der Waals surface area contributed by atoms with Crippen molar-refractivity contribution < 1.29 is 23.1 Å². The van der Waals surface area contributed by atoms with E-state index in [0.717, 1.165) is 34.5 Å². The molecule has 0 aromatic heterocycles. The number of piperidine rings is 1. The number of Topliss-reactive ketones (excluding diaryl/α,β-unsaturated/α-hetero) is 1. The van der Waals surface area contributed by atoms with Crippen LogP contribution < -0.4 is 14.9 Å². The molecule has 0 bridgehead atoms. The molecule has 0 unspecified atom stereocenters. The molecule has 1 saturated heterocycles. The summed E-state index contributed by atoms with van der Waals surface area (Å²) >= 11 is 0. The van der Waals surface area contributed by atoms with Crippen LogP contribution >= 0.6 is 0 Å². The van der Waals surface area contributed by atoms with Gasteiger partial charge in [-0.3, -0.25) is 13.9 Å². The lowest BCUT2D eigenvalue weighted by Crippen LogP contribution is -2.56. The summed E-state index contributed by atoms with van der Waals surface area (Å²) in [6.07, 6.45) is 7.37. The maximum Gasteiger partial charge on any atom is 0.251 e. The minimum absolute atomic E-state index is 0.0798. The number of anilines is 1. The minimum Gasteiger partial charge on any atom is -0.389 e. The third kappa shape index (κ3) is 7.50. The molecule has 8 nitrogen and oxygen atoms in total. The SMILES string of the molecule is CN(c1cc(C=CC2CC2)cc(C(=O)N[C@@H](Cc2ccccc2)[C@H](O)[C@H]2CC(=O)CCN2)c1)S(C)(=O)=O. The number of ketones is 1. The van der Waals surface area contributed by atoms with Crippen LogP contribution in [0.25, 0.3) is 6.08 Å². The largest absolute Gasteiger partial charge is 0.389 e. The average Bonchev–Trinajstić information content (AvgIpc) is 3.70. The Kier molecular flexibility index (Phi) is 8.46. The van der Waals surface area contributed by atoms with Crippen LogP contribution in [0.5, 0.6) is 0 Å². The normalized spacial score (nSPS) is 20.0. The maximum absolute atomic E-state index is 13.5. The lowest BCUT2D eigenvalue weighted by Gasteiger charge is -2.33. The first-order valence-corrected chi connectivity index (χ1v) is 14.5. The molecule has 1 heterocycles. The number of nitrogens with one attached hydrogen (secondary N) is 2. The van der Waals surface area contributed by atoms with Gasteiger partial charge in [0.25, 0.3) is 5.91 Å². The van der Waals surface area contributed by atoms with E-state index in [1.165, 1.54) is 7.05 Å². The lowest BCUT2D eigenvalue weighted by molar-refractivity contribution is -0.121. The van der Waals surface area contributed by atoms with Gasteiger partial charge in [0, 0.05) is 38.0 Å². The summed E-state index contributed by atoms with van der Waals surface area (Å²) in [5.41, 5.74) is 2.34. The number of aliphatic hydroxyl groups is 1. The average molecular weight is 526 g/mol. The van der Waals surface area contributed by atoms with Crippen molar-refractivity contribution in [3.63, 3.8) is 0 Å². The van der Waals surface area contributed by atoms with Crippen molar-refractivity contribution in [1.29, 1.82) is 0 Å². The molecule has 1 amide bonds. The number of carbonyl (C=O) groups excluding carboxylic acids is 2. The van der Waals surface area contributed by atoms with E-state index >= 15 is 0 Å². The van der Waals surface area contributed by atoms with Gasteiger partial charge in [-0.2, -0.15) is 0 Å². The predicted octanol–water partition coefficient (Wildman–Crippen LogP) is 2.53. The topological polar surface area (TPSA) is 116 Å². The zero-order chi connectivity index (χ0) is 26.6. The van der Waals surface area contributed by atoms with Gasteiger partial charge in [0.15, 0.2) is 0 Å². The molecular weight excluding hydrogens is 490 g/mol. The second kappa shape index (κ2) is 11.6. The quantitative estimate of drug-likeness (QED) is 0.439. The molecule has 1 saturated carbocycles. The fourth-order valence-corrected chi connectivity index (χ4v) is 4.97. The maximum atomic E-state index is 13.5. The Bertz CT molecular complexity index is 1260. The molecule has 37 heavy (non-hydrogen) atoms. The number of carbonyl (C=O) groups is 2. The smallest absolute Gasteiger partial charge is 0.251 e. The number of benzene rings is 2. The Balaban J connectivity index is 1.62. The third-order valence-corrected chi connectivity index (χ3v) is 8.15. The van der Waals surface area contributed by atoms with Gasteiger partial charge in [-0.15, -0.1) is 0 Å². The van der Waals surface area contributed by atoms with Gasteiger partial charge in [0.05, 0.1) is 24.1 Å². The van der Waals surface area contributed by atoms with Crippen LogP contribution in [0.2, 0.25) is 0 Å². The number of allylic oxidation sites excluding steroid dienone is 1. The van der Waals surface area contributed by atoms with Gasteiger partial charge in [-0.05, 0) is 54.5 Å². The molecule has 2 aliphatic rings. The zero-order valence-corrected chi connectivity index (χ0v) is 22.1. The molecule has 2 aromatic rings. The number of hydrogen-bond donors (Lipinski definition) is 3. The minimum atomic E-state index is -3.53. The monoisotopic (exact) mass is 525 g/mol. The second-order valence-corrected chi connectivity index (χ2v) is 12.1. The van der Waals surface area contributed by atoms with Gasteiger partial charge in [-0.25, -0.2) is 8.42 Å². The van der Waals surface area contributed by atoms with Crippen molar-refractivity contribution in [2.45, 2.75) is 50.3 Å². The van der Waals surface area contributed by atoms with Crippen LogP contribution in [0, 0.1) is 5.92 Å². The summed E-state index contributed by atoms with van der Waals surface area (Å²) in [4.78, 5) is 25.6. The molecular formula is C28H35N3O5S. The van der Waals surface area contributed by atoms with E-state index in [-0.39, 0.29) is 12.2 Å². The Morgan fingerprint density at radius 3 is 2.59 bits per heavy atom. The Hall–Kier alpha value is -3.01. The van der Waals surface area contributed by atoms with E-state index in [1.54, 1.807) is 18.2 Å². The van der Waals surface area contributed by atoms with E-state index < -0.39 is 34.1 Å². The van der Waals surface area contributed by atoms with Crippen molar-refractivity contribution in [1.82, 2.24) is 10.6 Å². The van der Waals surface area contributed by atoms with E-state index in [4.69, 9.17) is 0 Å². The van der Waals surface area contributed by atoms with E-state index in [9.17, 15) is 23.1 Å². The molecule has 0 radical (unpaired) electrons. The molecule has 1 aliphatic carbocycles. The summed E-state index contributed by atoms with van der Waals surface area (Å²) < 4.78 is 25.6. The summed E-state index contributed by atoms with van der Waals surface area (Å²) in [5, 5.41) is 17.4. The number of rotatable bonds is 10. The molecule has 2 fully saturated rings. The molecule has 0 spiro atoms. The van der Waals surface area contributed by atoms with Crippen LogP contribution in [0.3, 0.4) is 0 Å². The Labute approximate surface area is 218 Å². The standard InChI is InChI=1S/C28H35N3O5S/c1-31(37(2,35)36)23-15-21(11-10-19-8-9-19)14-22(17-23)28(34)30-26(16-20-6-4-3-5-7-20)27(33)25-18-24(32)12-13-29-25/h3-7,10-11,14-15,17,19,25-27,29,33H,8-9,12-13,16,18H2,1-2H3,(H,30,34)/t25-,26+,27-/m1/s1. The third-order valence-electron chi connectivity index (χ3n) is 6.94. The Morgan fingerprint density at radius 1 is 1.22 bits per heavy atom. The number of aliphatic hydroxyl groups excluding tert-OH is 1. The molecule has 198 valence electrons. The van der Waals surface area contributed by atoms with Crippen molar-refractivity contribution in [3.8, 4) is 0 Å². The highest BCUT2D eigenvalue weighted by molar-refractivity contribution is 7.92. The fourth-order valence-electron chi connectivity index (χ4n) is 4.49. The number of sulfonamides is 1. The fraction of sp³-hybridized carbons (Fsp3) is 0.429. The molecule has 2 aromatic carbocycles. The lowest BCUT2D eigenvalue weighted by atomic mass is 9.91. The molecule has 3 N–H and O–H groups in total. The van der Waals surface area contributed by atoms with Crippen LogP contribution in [-0.4, -0.2) is 63.3 Å². The number of hydrogen-bond acceptors (Lipinski definition) is 6. The zero-order valence-electron chi connectivity index (χ0n) is 21.3. The number of nitrogens with zero attached hydrogens (tertiary/aromatic N) is 1. The van der Waals surface area contributed by atoms with Crippen LogP contribution in [0.15, 0.2) is 54.6 Å². The van der Waals surface area contributed by atoms with Gasteiger partial charge in [-0.1, -0.05) is 42.5 Å². The van der Waals surface area contributed by atoms with Crippen molar-refractivity contribution in [3.05, 3.63) is 71.3 Å². The van der Waals surface area contributed by atoms with Crippen LogP contribution in [-0.2, 0) is 21.2 Å². The first-order chi connectivity index (χ1) is 17.6. The summed E-state index contributed by atoms with van der Waals surface area (Å²) in [7, 11) is -2.08. The van der Waals surface area contributed by atoms with Crippen LogP contribution in [0.1, 0.15) is 47.2 Å². The summed E-state index contributed by atoms with van der Waals surface area (Å²) in [6, 6.07) is 13.4. The summed E-state index contributed by atoms with van der Waals surface area (Å²) in [5.74, 6) is 0.174. The van der Waals surface area contributed by atoms with Gasteiger partial charge in [0.2, 0.25) is 10.0 Å². The first kappa shape index (κ1) is 27.0. The molecule has 4 rings (SSSR count). The van der Waals surface area contributed by atoms with Gasteiger partial charge >= 0.3 is 0 Å². The molecule has 9 heteroatoms. The summed E-state index contributed by atoms with van der Waals surface area (Å²) in [6.45, 7) is 0.489. The Morgan fingerprint density at radius 2 is 1.95 bits per heavy atom. The number of amides is 1. The highest BCUT2D eigenvalue weighted by Gasteiger charge is 2.33. The molecule has 3 atom stereocenters. The molecule has 1 aliphatic heterocycles. The second-order valence-electron chi connectivity index (χ2n) is 10.1. The van der Waals surface area contributed by atoms with Crippen molar-refractivity contribution in [2.75, 3.05) is 24.2 Å². The van der Waals surface area contributed by atoms with E-state index in [1.807, 2.05) is 36.4 Å². The predicted molar refractivity (Wildman–Crippen MR) is 145 cm³/mol. The van der Waals surface area contributed by atoms with E-state index in [0.29, 0.717) is 36.6 Å². The van der Waals surface area contributed by atoms with Gasteiger partial charge < -0.3 is 15.7 Å². The first-order valence-electron chi connectivity index (χ1n) is 12.7. The highest BCUT2D eigenvalue weighted by Crippen LogP contribution is 2.31. The van der Waals surface area contributed by atoms with E-state index in [2.05, 4.69) is 16.7 Å². The van der Waals surface area contributed by atoms with Gasteiger partial charge in [0.1, 0.15) is 5.78 Å². The van der Waals surface area contributed by atoms with Crippen LogP contribution in [0.4, 0.5) is 5.69 Å². The van der Waals surface area contributed by atoms with Crippen molar-refractivity contribution >= 4 is 33.5 Å². The van der Waals surface area contributed by atoms with Crippen molar-refractivity contribution in [2.24, 2.45) is 5.92 Å².